The van der Waals surface area contributed by atoms with Gasteiger partial charge in [-0.15, -0.1) is 21.5 Å². The van der Waals surface area contributed by atoms with Gasteiger partial charge >= 0.3 is 0 Å². The van der Waals surface area contributed by atoms with Crippen LogP contribution in [0, 0.1) is 13.8 Å². The van der Waals surface area contributed by atoms with Gasteiger partial charge in [0.05, 0.1) is 6.04 Å². The van der Waals surface area contributed by atoms with Gasteiger partial charge in [-0.25, -0.2) is 0 Å². The molecule has 2 aromatic heterocycles. The van der Waals surface area contributed by atoms with Crippen LogP contribution in [0.25, 0.3) is 0 Å². The van der Waals surface area contributed by atoms with Crippen molar-refractivity contribution in [2.24, 2.45) is 0 Å². The first-order valence-electron chi connectivity index (χ1n) is 6.20. The molecule has 98 valence electrons. The number of hydrogen-bond acceptors (Lipinski definition) is 3. The van der Waals surface area contributed by atoms with Crippen molar-refractivity contribution in [1.29, 1.82) is 0 Å². The summed E-state index contributed by atoms with van der Waals surface area (Å²) in [5.41, 5.74) is 1.32. The van der Waals surface area contributed by atoms with E-state index in [-0.39, 0.29) is 6.04 Å². The first kappa shape index (κ1) is 13.6. The number of nitrogens with zero attached hydrogens (tertiary/aromatic N) is 3. The van der Waals surface area contributed by atoms with Crippen LogP contribution in [-0.2, 0) is 6.42 Å². The summed E-state index contributed by atoms with van der Waals surface area (Å²) in [4.78, 5) is 2.67. The third-order valence-electron chi connectivity index (χ3n) is 3.12. The highest BCUT2D eigenvalue weighted by molar-refractivity contribution is 7.12. The van der Waals surface area contributed by atoms with E-state index in [0.717, 1.165) is 18.7 Å². The molecule has 2 heterocycles. The Hall–Kier alpha value is -0.870. The quantitative estimate of drug-likeness (QED) is 0.843. The van der Waals surface area contributed by atoms with E-state index in [1.54, 1.807) is 0 Å². The Morgan fingerprint density at radius 3 is 2.67 bits per heavy atom. The first-order valence-corrected chi connectivity index (χ1v) is 7.40. The van der Waals surface area contributed by atoms with Crippen molar-refractivity contribution >= 4 is 22.9 Å². The normalized spacial score (nSPS) is 12.9. The maximum Gasteiger partial charge on any atom is 0.225 e. The maximum absolute atomic E-state index is 6.18. The molecule has 0 N–H and O–H groups in total. The molecule has 18 heavy (non-hydrogen) atoms. The van der Waals surface area contributed by atoms with Crippen LogP contribution < -0.4 is 0 Å². The molecule has 1 atom stereocenters. The molecule has 2 rings (SSSR count). The average Bonchev–Trinajstić information content (AvgIpc) is 2.82. The minimum atomic E-state index is 0.194. The summed E-state index contributed by atoms with van der Waals surface area (Å²) in [6, 6.07) is 2.43. The second-order valence-corrected chi connectivity index (χ2v) is 6.35. The summed E-state index contributed by atoms with van der Waals surface area (Å²) in [5.74, 6) is 0.971. The molecule has 0 saturated heterocycles. The molecule has 3 nitrogen and oxygen atoms in total. The van der Waals surface area contributed by atoms with Gasteiger partial charge < -0.3 is 0 Å². The predicted molar refractivity (Wildman–Crippen MR) is 76.6 cm³/mol. The fourth-order valence-corrected chi connectivity index (χ4v) is 3.58. The molecule has 0 amide bonds. The monoisotopic (exact) mass is 283 g/mol. The highest BCUT2D eigenvalue weighted by Gasteiger charge is 2.19. The van der Waals surface area contributed by atoms with Crippen LogP contribution in [0.5, 0.6) is 0 Å². The van der Waals surface area contributed by atoms with Crippen LogP contribution in [0.15, 0.2) is 6.07 Å². The lowest BCUT2D eigenvalue weighted by atomic mass is 10.1. The Labute approximate surface area is 117 Å². The van der Waals surface area contributed by atoms with Gasteiger partial charge in [-0.3, -0.25) is 4.57 Å². The summed E-state index contributed by atoms with van der Waals surface area (Å²) >= 11 is 8.00. The zero-order valence-electron chi connectivity index (χ0n) is 11.2. The number of aromatic nitrogens is 3. The van der Waals surface area contributed by atoms with Crippen molar-refractivity contribution < 1.29 is 0 Å². The highest BCUT2D eigenvalue weighted by atomic mass is 35.5. The van der Waals surface area contributed by atoms with E-state index in [2.05, 4.69) is 44.0 Å². The zero-order chi connectivity index (χ0) is 13.3. The largest absolute Gasteiger partial charge is 0.294 e. The van der Waals surface area contributed by atoms with Crippen molar-refractivity contribution in [2.45, 2.75) is 46.6 Å². The Balaban J connectivity index is 2.42. The molecule has 0 radical (unpaired) electrons. The second-order valence-electron chi connectivity index (χ2n) is 4.55. The highest BCUT2D eigenvalue weighted by Crippen LogP contribution is 2.31. The van der Waals surface area contributed by atoms with Gasteiger partial charge in [0.15, 0.2) is 0 Å². The van der Waals surface area contributed by atoms with E-state index in [1.165, 1.54) is 15.3 Å². The molecule has 0 saturated carbocycles. The third kappa shape index (κ3) is 2.45. The molecule has 2 aromatic rings. The number of thiophene rings is 1. The van der Waals surface area contributed by atoms with E-state index in [9.17, 15) is 0 Å². The smallest absolute Gasteiger partial charge is 0.225 e. The zero-order valence-corrected chi connectivity index (χ0v) is 12.8. The SMILES string of the molecule is CCCc1nnc(Cl)n1C(C)c1cc(C)sc1C. The molecule has 0 bridgehead atoms. The van der Waals surface area contributed by atoms with Crippen molar-refractivity contribution in [3.8, 4) is 0 Å². The van der Waals surface area contributed by atoms with Crippen LogP contribution in [-0.4, -0.2) is 14.8 Å². The van der Waals surface area contributed by atoms with Gasteiger partial charge in [0.25, 0.3) is 0 Å². The minimum absolute atomic E-state index is 0.194. The predicted octanol–water partition coefficient (Wildman–Crippen LogP) is 4.17. The fourth-order valence-electron chi connectivity index (χ4n) is 2.28. The molecule has 0 aromatic carbocycles. The number of hydrogen-bond donors (Lipinski definition) is 0. The van der Waals surface area contributed by atoms with Gasteiger partial charge in [0, 0.05) is 16.2 Å². The molecule has 1 unspecified atom stereocenters. The minimum Gasteiger partial charge on any atom is -0.294 e. The Bertz CT molecular complexity index is 544. The molecule has 0 fully saturated rings. The molecular formula is C13H18ClN3S. The number of aryl methyl sites for hydroxylation is 3. The van der Waals surface area contributed by atoms with Gasteiger partial charge in [-0.1, -0.05) is 6.92 Å². The molecule has 0 spiro atoms. The Kier molecular flexibility index (Phi) is 4.07. The van der Waals surface area contributed by atoms with Crippen molar-refractivity contribution in [1.82, 2.24) is 14.8 Å². The van der Waals surface area contributed by atoms with Crippen LogP contribution >= 0.6 is 22.9 Å². The fraction of sp³-hybridized carbons (Fsp3) is 0.538. The summed E-state index contributed by atoms with van der Waals surface area (Å²) in [6.45, 7) is 8.58. The van der Waals surface area contributed by atoms with Crippen LogP contribution in [0.3, 0.4) is 0 Å². The van der Waals surface area contributed by atoms with Gasteiger partial charge in [-0.2, -0.15) is 0 Å². The van der Waals surface area contributed by atoms with E-state index in [1.807, 2.05) is 15.9 Å². The standard InChI is InChI=1S/C13H18ClN3S/c1-5-6-12-15-16-13(14)17(12)9(3)11-7-8(2)18-10(11)4/h7,9H,5-6H2,1-4H3. The van der Waals surface area contributed by atoms with Crippen LogP contribution in [0.1, 0.15) is 47.5 Å². The third-order valence-corrected chi connectivity index (χ3v) is 4.35. The van der Waals surface area contributed by atoms with E-state index < -0.39 is 0 Å². The molecule has 0 aliphatic heterocycles. The maximum atomic E-state index is 6.18. The summed E-state index contributed by atoms with van der Waals surface area (Å²) in [5, 5.41) is 8.65. The first-order chi connectivity index (χ1) is 8.54. The van der Waals surface area contributed by atoms with E-state index in [0.29, 0.717) is 5.28 Å². The molecule has 0 aliphatic rings. The van der Waals surface area contributed by atoms with Gasteiger partial charge in [0.2, 0.25) is 5.28 Å². The van der Waals surface area contributed by atoms with Crippen LogP contribution in [0.4, 0.5) is 0 Å². The Morgan fingerprint density at radius 2 is 2.11 bits per heavy atom. The van der Waals surface area contributed by atoms with E-state index >= 15 is 0 Å². The van der Waals surface area contributed by atoms with Crippen LogP contribution in [0.2, 0.25) is 5.28 Å². The molecule has 0 aliphatic carbocycles. The van der Waals surface area contributed by atoms with Crippen molar-refractivity contribution in [3.63, 3.8) is 0 Å². The number of halogens is 1. The number of rotatable bonds is 4. The van der Waals surface area contributed by atoms with Crippen molar-refractivity contribution in [3.05, 3.63) is 32.5 Å². The van der Waals surface area contributed by atoms with Gasteiger partial charge in [0.1, 0.15) is 5.82 Å². The molecular weight excluding hydrogens is 266 g/mol. The Morgan fingerprint density at radius 1 is 1.39 bits per heavy atom. The lowest BCUT2D eigenvalue weighted by molar-refractivity contribution is 0.596. The van der Waals surface area contributed by atoms with Gasteiger partial charge in [-0.05, 0) is 50.4 Å². The summed E-state index contributed by atoms with van der Waals surface area (Å²) in [7, 11) is 0. The molecule has 5 heteroatoms. The summed E-state index contributed by atoms with van der Waals surface area (Å²) < 4.78 is 2.04. The summed E-state index contributed by atoms with van der Waals surface area (Å²) in [6.07, 6.45) is 1.95. The second kappa shape index (κ2) is 5.41. The lowest BCUT2D eigenvalue weighted by Crippen LogP contribution is -2.11. The lowest BCUT2D eigenvalue weighted by Gasteiger charge is -2.16. The average molecular weight is 284 g/mol. The van der Waals surface area contributed by atoms with E-state index in [4.69, 9.17) is 11.6 Å². The topological polar surface area (TPSA) is 30.7 Å². The van der Waals surface area contributed by atoms with Crippen molar-refractivity contribution in [2.75, 3.05) is 0 Å².